The van der Waals surface area contributed by atoms with Crippen LogP contribution >= 0.6 is 11.6 Å². The van der Waals surface area contributed by atoms with Crippen molar-refractivity contribution in [3.05, 3.63) is 63.2 Å². The van der Waals surface area contributed by atoms with Gasteiger partial charge >= 0.3 is 0 Å². The predicted octanol–water partition coefficient (Wildman–Crippen LogP) is 3.13. The van der Waals surface area contributed by atoms with Crippen molar-refractivity contribution in [1.82, 2.24) is 5.43 Å². The summed E-state index contributed by atoms with van der Waals surface area (Å²) in [6.45, 7) is 2.40. The maximum atomic E-state index is 11.9. The molecule has 0 heterocycles. The fourth-order valence-corrected chi connectivity index (χ4v) is 2.31. The lowest BCUT2D eigenvalue weighted by Crippen LogP contribution is -2.24. The number of nitrogens with zero attached hydrogens (tertiary/aromatic N) is 2. The van der Waals surface area contributed by atoms with Crippen molar-refractivity contribution in [1.29, 1.82) is 0 Å². The van der Waals surface area contributed by atoms with E-state index in [0.717, 1.165) is 0 Å². The Labute approximate surface area is 165 Å². The monoisotopic (exact) mass is 404 g/mol. The van der Waals surface area contributed by atoms with Crippen molar-refractivity contribution in [3.8, 4) is 5.75 Å². The lowest BCUT2D eigenvalue weighted by molar-refractivity contribution is -0.384. The van der Waals surface area contributed by atoms with Crippen molar-refractivity contribution in [3.63, 3.8) is 0 Å². The van der Waals surface area contributed by atoms with Crippen molar-refractivity contribution in [2.45, 2.75) is 13.3 Å². The third-order valence-corrected chi connectivity index (χ3v) is 3.66. The number of nitrogens with one attached hydrogen (secondary N) is 2. The molecule has 2 N–H and O–H groups in total. The van der Waals surface area contributed by atoms with Gasteiger partial charge in [-0.3, -0.25) is 19.7 Å². The van der Waals surface area contributed by atoms with E-state index in [2.05, 4.69) is 15.8 Å². The predicted molar refractivity (Wildman–Crippen MR) is 105 cm³/mol. The quantitative estimate of drug-likeness (QED) is 0.303. The molecule has 2 rings (SSSR count). The van der Waals surface area contributed by atoms with Gasteiger partial charge in [0, 0.05) is 17.3 Å². The molecule has 9 nitrogen and oxygen atoms in total. The molecule has 2 aromatic rings. The number of halogens is 1. The lowest BCUT2D eigenvalue weighted by atomic mass is 10.2. The van der Waals surface area contributed by atoms with Gasteiger partial charge in [0.1, 0.15) is 17.2 Å². The zero-order chi connectivity index (χ0) is 20.5. The normalized spacial score (nSPS) is 10.5. The molecule has 0 saturated heterocycles. The van der Waals surface area contributed by atoms with E-state index in [1.54, 1.807) is 24.3 Å². The number of anilines is 1. The average Bonchev–Trinajstić information content (AvgIpc) is 2.64. The Hall–Kier alpha value is -3.46. The van der Waals surface area contributed by atoms with Gasteiger partial charge in [-0.05, 0) is 37.3 Å². The largest absolute Gasteiger partial charge is 0.494 e. The number of hydrogen-bond donors (Lipinski definition) is 2. The zero-order valence-corrected chi connectivity index (χ0v) is 15.6. The minimum atomic E-state index is -0.636. The van der Waals surface area contributed by atoms with E-state index in [-0.39, 0.29) is 10.7 Å². The van der Waals surface area contributed by atoms with Gasteiger partial charge < -0.3 is 10.1 Å². The van der Waals surface area contributed by atoms with Crippen LogP contribution in [0.1, 0.15) is 18.9 Å². The van der Waals surface area contributed by atoms with E-state index in [9.17, 15) is 19.7 Å². The number of hydrazone groups is 1. The minimum Gasteiger partial charge on any atom is -0.494 e. The summed E-state index contributed by atoms with van der Waals surface area (Å²) in [6.07, 6.45) is 0.775. The Kier molecular flexibility index (Phi) is 7.46. The molecule has 28 heavy (non-hydrogen) atoms. The minimum absolute atomic E-state index is 0.00264. The third-order valence-electron chi connectivity index (χ3n) is 3.34. The van der Waals surface area contributed by atoms with E-state index in [1.165, 1.54) is 24.4 Å². The van der Waals surface area contributed by atoms with Crippen LogP contribution in [0.15, 0.2) is 47.6 Å². The van der Waals surface area contributed by atoms with Crippen LogP contribution in [0.3, 0.4) is 0 Å². The van der Waals surface area contributed by atoms with Gasteiger partial charge in [0.05, 0.1) is 17.7 Å². The number of nitro benzene ring substituents is 1. The summed E-state index contributed by atoms with van der Waals surface area (Å²) in [4.78, 5) is 33.9. The molecule has 0 saturated carbocycles. The Morgan fingerprint density at radius 2 is 1.93 bits per heavy atom. The Morgan fingerprint density at radius 3 is 2.57 bits per heavy atom. The summed E-state index contributed by atoms with van der Waals surface area (Å²) < 4.78 is 5.30. The van der Waals surface area contributed by atoms with Gasteiger partial charge in [-0.25, -0.2) is 5.43 Å². The van der Waals surface area contributed by atoms with E-state index in [1.807, 2.05) is 6.92 Å². The molecule has 0 fully saturated rings. The van der Waals surface area contributed by atoms with Crippen molar-refractivity contribution < 1.29 is 19.2 Å². The highest BCUT2D eigenvalue weighted by Crippen LogP contribution is 2.24. The van der Waals surface area contributed by atoms with Crippen LogP contribution in [-0.2, 0) is 9.59 Å². The van der Waals surface area contributed by atoms with Crippen LogP contribution in [0.25, 0.3) is 0 Å². The zero-order valence-electron chi connectivity index (χ0n) is 14.8. The van der Waals surface area contributed by atoms with Crippen LogP contribution in [0.4, 0.5) is 11.4 Å². The van der Waals surface area contributed by atoms with Crippen LogP contribution in [-0.4, -0.2) is 29.6 Å². The smallest absolute Gasteiger partial charge is 0.288 e. The summed E-state index contributed by atoms with van der Waals surface area (Å²) in [5.41, 5.74) is 2.81. The molecule has 0 aliphatic heterocycles. The fraction of sp³-hybridized carbons (Fsp3) is 0.167. The summed E-state index contributed by atoms with van der Waals surface area (Å²) in [5, 5.41) is 17.1. The van der Waals surface area contributed by atoms with Crippen LogP contribution in [0, 0.1) is 10.1 Å². The van der Waals surface area contributed by atoms with Gasteiger partial charge in [-0.15, -0.1) is 0 Å². The number of nitro groups is 1. The molecule has 0 aliphatic rings. The van der Waals surface area contributed by atoms with Gasteiger partial charge in [-0.2, -0.15) is 5.10 Å². The molecule has 2 aromatic carbocycles. The molecular formula is C18H17ClN4O5. The van der Waals surface area contributed by atoms with Gasteiger partial charge in [-0.1, -0.05) is 17.7 Å². The van der Waals surface area contributed by atoms with E-state index < -0.39 is 23.2 Å². The number of benzene rings is 2. The maximum absolute atomic E-state index is 11.9. The topological polar surface area (TPSA) is 123 Å². The molecule has 0 radical (unpaired) electrons. The number of rotatable bonds is 8. The van der Waals surface area contributed by atoms with E-state index >= 15 is 0 Å². The second-order valence-electron chi connectivity index (χ2n) is 5.44. The van der Waals surface area contributed by atoms with Gasteiger partial charge in [0.2, 0.25) is 11.8 Å². The average molecular weight is 405 g/mol. The molecule has 0 aliphatic carbocycles. The second-order valence-corrected chi connectivity index (χ2v) is 5.85. The summed E-state index contributed by atoms with van der Waals surface area (Å²) in [7, 11) is 0. The lowest BCUT2D eigenvalue weighted by Gasteiger charge is -2.06. The van der Waals surface area contributed by atoms with Gasteiger partial charge in [0.15, 0.2) is 0 Å². The molecular weight excluding hydrogens is 388 g/mol. The number of amides is 2. The molecule has 0 spiro atoms. The SMILES string of the molecule is CCOc1ccc(NC(=O)CC(=O)NN=Cc2ccc(Cl)c([N+](=O)[O-])c2)cc1. The first kappa shape index (κ1) is 20.8. The van der Waals surface area contributed by atoms with E-state index in [0.29, 0.717) is 23.6 Å². The van der Waals surface area contributed by atoms with Crippen molar-refractivity contribution in [2.75, 3.05) is 11.9 Å². The highest BCUT2D eigenvalue weighted by molar-refractivity contribution is 6.32. The highest BCUT2D eigenvalue weighted by atomic mass is 35.5. The molecule has 0 atom stereocenters. The standard InChI is InChI=1S/C18H17ClN4O5/c1-2-28-14-6-4-13(5-7-14)21-17(24)10-18(25)22-20-11-12-3-8-15(19)16(9-12)23(26)27/h3-9,11H,2,10H2,1H3,(H,21,24)(H,22,25). The number of ether oxygens (including phenoxy) is 1. The fourth-order valence-electron chi connectivity index (χ4n) is 2.12. The van der Waals surface area contributed by atoms with Crippen LogP contribution in [0.5, 0.6) is 5.75 Å². The first-order valence-electron chi connectivity index (χ1n) is 8.17. The molecule has 0 unspecified atom stereocenters. The first-order chi connectivity index (χ1) is 13.4. The summed E-state index contributed by atoms with van der Waals surface area (Å²) in [6, 6.07) is 10.8. The van der Waals surface area contributed by atoms with Crippen LogP contribution in [0.2, 0.25) is 5.02 Å². The first-order valence-corrected chi connectivity index (χ1v) is 8.55. The molecule has 0 bridgehead atoms. The number of carbonyl (C=O) groups is 2. The Morgan fingerprint density at radius 1 is 1.21 bits per heavy atom. The Bertz CT molecular complexity index is 899. The van der Waals surface area contributed by atoms with Crippen molar-refractivity contribution in [2.24, 2.45) is 5.10 Å². The molecule has 0 aromatic heterocycles. The Balaban J connectivity index is 1.84. The summed E-state index contributed by atoms with van der Waals surface area (Å²) >= 11 is 5.72. The number of carbonyl (C=O) groups excluding carboxylic acids is 2. The molecule has 10 heteroatoms. The molecule has 146 valence electrons. The maximum Gasteiger partial charge on any atom is 0.288 e. The summed E-state index contributed by atoms with van der Waals surface area (Å²) in [5.74, 6) is -0.475. The molecule has 2 amide bonds. The highest BCUT2D eigenvalue weighted by Gasteiger charge is 2.12. The van der Waals surface area contributed by atoms with Gasteiger partial charge in [0.25, 0.3) is 5.69 Å². The van der Waals surface area contributed by atoms with Crippen LogP contribution < -0.4 is 15.5 Å². The third kappa shape index (κ3) is 6.36. The van der Waals surface area contributed by atoms with E-state index in [4.69, 9.17) is 16.3 Å². The van der Waals surface area contributed by atoms with Crippen molar-refractivity contribution >= 4 is 41.0 Å². The second kappa shape index (κ2) is 10.0. The number of hydrogen-bond acceptors (Lipinski definition) is 6.